The SMILES string of the molecule is CC1(C)CC(=O)N(CC(=O)c2ccccc2F)C1=O. The number of rotatable bonds is 3. The number of halogens is 1. The van der Waals surface area contributed by atoms with Gasteiger partial charge in [-0.05, 0) is 12.1 Å². The summed E-state index contributed by atoms with van der Waals surface area (Å²) in [5.74, 6) is -2.00. The molecule has 1 aliphatic rings. The Morgan fingerprint density at radius 3 is 2.47 bits per heavy atom. The van der Waals surface area contributed by atoms with E-state index >= 15 is 0 Å². The van der Waals surface area contributed by atoms with E-state index in [9.17, 15) is 18.8 Å². The summed E-state index contributed by atoms with van der Waals surface area (Å²) in [6.07, 6.45) is 0.0797. The third-order valence-corrected chi connectivity index (χ3v) is 3.19. The Morgan fingerprint density at radius 1 is 1.32 bits per heavy atom. The van der Waals surface area contributed by atoms with E-state index in [4.69, 9.17) is 0 Å². The van der Waals surface area contributed by atoms with Gasteiger partial charge in [-0.15, -0.1) is 0 Å². The highest BCUT2D eigenvalue weighted by atomic mass is 19.1. The molecule has 1 fully saturated rings. The molecule has 0 unspecified atom stereocenters. The first-order valence-corrected chi connectivity index (χ1v) is 5.95. The molecule has 1 aliphatic heterocycles. The molecule has 1 heterocycles. The van der Waals surface area contributed by atoms with Crippen molar-refractivity contribution in [1.29, 1.82) is 0 Å². The van der Waals surface area contributed by atoms with Gasteiger partial charge < -0.3 is 0 Å². The molecular formula is C14H14FNO3. The van der Waals surface area contributed by atoms with Crippen LogP contribution in [0.5, 0.6) is 0 Å². The molecule has 5 heteroatoms. The summed E-state index contributed by atoms with van der Waals surface area (Å²) < 4.78 is 13.5. The monoisotopic (exact) mass is 263 g/mol. The number of carbonyl (C=O) groups is 3. The summed E-state index contributed by atoms with van der Waals surface area (Å²) in [6, 6.07) is 5.52. The first-order chi connectivity index (χ1) is 8.83. The highest BCUT2D eigenvalue weighted by Crippen LogP contribution is 2.31. The van der Waals surface area contributed by atoms with Crippen molar-refractivity contribution in [3.05, 3.63) is 35.6 Å². The van der Waals surface area contributed by atoms with Crippen LogP contribution in [0.1, 0.15) is 30.6 Å². The number of amides is 2. The minimum absolute atomic E-state index is 0.0797. The smallest absolute Gasteiger partial charge is 0.235 e. The van der Waals surface area contributed by atoms with Crippen LogP contribution in [0, 0.1) is 11.2 Å². The predicted octanol–water partition coefficient (Wildman–Crippen LogP) is 1.79. The molecule has 2 amide bonds. The summed E-state index contributed by atoms with van der Waals surface area (Å²) in [4.78, 5) is 36.5. The molecule has 0 aliphatic carbocycles. The van der Waals surface area contributed by atoms with Crippen molar-refractivity contribution >= 4 is 17.6 Å². The average molecular weight is 263 g/mol. The molecule has 4 nitrogen and oxygen atoms in total. The zero-order valence-corrected chi connectivity index (χ0v) is 10.8. The third kappa shape index (κ3) is 2.41. The largest absolute Gasteiger partial charge is 0.292 e. The average Bonchev–Trinajstić information content (AvgIpc) is 2.52. The van der Waals surface area contributed by atoms with Gasteiger partial charge in [0.05, 0.1) is 17.5 Å². The molecule has 100 valence electrons. The van der Waals surface area contributed by atoms with Crippen molar-refractivity contribution in [3.8, 4) is 0 Å². The first kappa shape index (κ1) is 13.4. The maximum Gasteiger partial charge on any atom is 0.235 e. The van der Waals surface area contributed by atoms with Crippen LogP contribution in [-0.4, -0.2) is 29.0 Å². The fraction of sp³-hybridized carbons (Fsp3) is 0.357. The second-order valence-electron chi connectivity index (χ2n) is 5.25. The number of nitrogens with zero attached hydrogens (tertiary/aromatic N) is 1. The lowest BCUT2D eigenvalue weighted by Gasteiger charge is -2.17. The van der Waals surface area contributed by atoms with Gasteiger partial charge in [-0.2, -0.15) is 0 Å². The Bertz CT molecular complexity index is 566. The minimum Gasteiger partial charge on any atom is -0.292 e. The predicted molar refractivity (Wildman–Crippen MR) is 65.8 cm³/mol. The summed E-state index contributed by atoms with van der Waals surface area (Å²) in [6.45, 7) is 2.91. The second-order valence-corrected chi connectivity index (χ2v) is 5.25. The normalized spacial score (nSPS) is 17.9. The molecule has 0 radical (unpaired) electrons. The van der Waals surface area contributed by atoms with Crippen LogP contribution in [0.4, 0.5) is 4.39 Å². The van der Waals surface area contributed by atoms with Gasteiger partial charge >= 0.3 is 0 Å². The molecule has 0 N–H and O–H groups in total. The zero-order chi connectivity index (χ0) is 14.2. The quantitative estimate of drug-likeness (QED) is 0.617. The maximum atomic E-state index is 13.5. The Balaban J connectivity index is 2.19. The number of hydrogen-bond donors (Lipinski definition) is 0. The van der Waals surface area contributed by atoms with E-state index in [-0.39, 0.29) is 23.8 Å². The molecule has 1 saturated heterocycles. The van der Waals surface area contributed by atoms with E-state index in [0.717, 1.165) is 4.90 Å². The molecule has 0 atom stereocenters. The lowest BCUT2D eigenvalue weighted by Crippen LogP contribution is -2.37. The highest BCUT2D eigenvalue weighted by molar-refractivity contribution is 6.10. The van der Waals surface area contributed by atoms with Crippen LogP contribution in [0.2, 0.25) is 0 Å². The molecule has 0 spiro atoms. The van der Waals surface area contributed by atoms with Crippen molar-refractivity contribution < 1.29 is 18.8 Å². The van der Waals surface area contributed by atoms with Crippen molar-refractivity contribution in [3.63, 3.8) is 0 Å². The summed E-state index contributed by atoms with van der Waals surface area (Å²) in [7, 11) is 0. The lowest BCUT2D eigenvalue weighted by atomic mass is 9.92. The van der Waals surface area contributed by atoms with E-state index < -0.39 is 23.6 Å². The van der Waals surface area contributed by atoms with Gasteiger partial charge in [0.25, 0.3) is 0 Å². The molecule has 0 aromatic heterocycles. The molecule has 19 heavy (non-hydrogen) atoms. The maximum absolute atomic E-state index is 13.5. The van der Waals surface area contributed by atoms with E-state index in [1.165, 1.54) is 24.3 Å². The number of imide groups is 1. The highest BCUT2D eigenvalue weighted by Gasteiger charge is 2.45. The molecule has 1 aromatic rings. The third-order valence-electron chi connectivity index (χ3n) is 3.19. The molecule has 0 bridgehead atoms. The van der Waals surface area contributed by atoms with Crippen LogP contribution in [0.3, 0.4) is 0 Å². The lowest BCUT2D eigenvalue weighted by molar-refractivity contribution is -0.140. The van der Waals surface area contributed by atoms with E-state index in [2.05, 4.69) is 0 Å². The fourth-order valence-corrected chi connectivity index (χ4v) is 2.10. The van der Waals surface area contributed by atoms with Crippen LogP contribution in [0.15, 0.2) is 24.3 Å². The van der Waals surface area contributed by atoms with Crippen LogP contribution in [0.25, 0.3) is 0 Å². The Morgan fingerprint density at radius 2 is 1.95 bits per heavy atom. The molecule has 0 saturated carbocycles. The van der Waals surface area contributed by atoms with Crippen LogP contribution in [-0.2, 0) is 9.59 Å². The number of ketones is 1. The second kappa shape index (κ2) is 4.57. The zero-order valence-electron chi connectivity index (χ0n) is 10.8. The van der Waals surface area contributed by atoms with Crippen LogP contribution >= 0.6 is 0 Å². The van der Waals surface area contributed by atoms with Gasteiger partial charge in [0, 0.05) is 6.42 Å². The Kier molecular flexibility index (Phi) is 3.22. The number of hydrogen-bond acceptors (Lipinski definition) is 3. The number of likely N-dealkylation sites (tertiary alicyclic amines) is 1. The molecular weight excluding hydrogens is 249 g/mol. The van der Waals surface area contributed by atoms with Crippen molar-refractivity contribution in [2.24, 2.45) is 5.41 Å². The van der Waals surface area contributed by atoms with Crippen molar-refractivity contribution in [2.75, 3.05) is 6.54 Å². The van der Waals surface area contributed by atoms with E-state index in [1.807, 2.05) is 0 Å². The summed E-state index contributed by atoms with van der Waals surface area (Å²) >= 11 is 0. The van der Waals surface area contributed by atoms with Gasteiger partial charge in [0.15, 0.2) is 5.78 Å². The summed E-state index contributed by atoms with van der Waals surface area (Å²) in [5.41, 5.74) is -0.889. The van der Waals surface area contributed by atoms with E-state index in [1.54, 1.807) is 13.8 Å². The summed E-state index contributed by atoms with van der Waals surface area (Å²) in [5, 5.41) is 0. The van der Waals surface area contributed by atoms with E-state index in [0.29, 0.717) is 0 Å². The van der Waals surface area contributed by atoms with Gasteiger partial charge in [-0.25, -0.2) is 4.39 Å². The first-order valence-electron chi connectivity index (χ1n) is 5.95. The van der Waals surface area contributed by atoms with Gasteiger partial charge in [0.1, 0.15) is 5.82 Å². The number of Topliss-reactive ketones (excluding diaryl/α,β-unsaturated/α-hetero) is 1. The standard InChI is InChI=1S/C14H14FNO3/c1-14(2)7-12(18)16(13(14)19)8-11(17)9-5-3-4-6-10(9)15/h3-6H,7-8H2,1-2H3. The number of benzene rings is 1. The van der Waals surface area contributed by atoms with Gasteiger partial charge in [0.2, 0.25) is 11.8 Å². The van der Waals surface area contributed by atoms with Crippen molar-refractivity contribution in [1.82, 2.24) is 4.90 Å². The Labute approximate surface area is 110 Å². The number of carbonyl (C=O) groups excluding carboxylic acids is 3. The van der Waals surface area contributed by atoms with Crippen molar-refractivity contribution in [2.45, 2.75) is 20.3 Å². The fourth-order valence-electron chi connectivity index (χ4n) is 2.10. The topological polar surface area (TPSA) is 54.5 Å². The molecule has 2 rings (SSSR count). The molecule has 1 aromatic carbocycles. The minimum atomic E-state index is -0.785. The Hall–Kier alpha value is -2.04. The van der Waals surface area contributed by atoms with Gasteiger partial charge in [-0.3, -0.25) is 19.3 Å². The van der Waals surface area contributed by atoms with Crippen LogP contribution < -0.4 is 0 Å². The van der Waals surface area contributed by atoms with Gasteiger partial charge in [-0.1, -0.05) is 26.0 Å².